The normalized spacial score (nSPS) is 10.2. The highest BCUT2D eigenvalue weighted by atomic mass is 35.5. The van der Waals surface area contributed by atoms with Crippen molar-refractivity contribution in [1.82, 2.24) is 4.90 Å². The Kier molecular flexibility index (Phi) is 10.3. The molecule has 0 aromatic heterocycles. The van der Waals surface area contributed by atoms with E-state index in [2.05, 4.69) is 5.32 Å². The van der Waals surface area contributed by atoms with Gasteiger partial charge < -0.3 is 25.4 Å². The van der Waals surface area contributed by atoms with Crippen LogP contribution in [-0.2, 0) is 13.2 Å². The van der Waals surface area contributed by atoms with Gasteiger partial charge in [0.1, 0.15) is 6.61 Å². The van der Waals surface area contributed by atoms with E-state index in [1.54, 1.807) is 24.1 Å². The van der Waals surface area contributed by atoms with Gasteiger partial charge in [0.15, 0.2) is 11.5 Å². The molecule has 0 saturated carbocycles. The number of aryl methyl sites for hydroxylation is 1. The number of benzene rings is 3. The molecule has 0 aliphatic carbocycles. The predicted molar refractivity (Wildman–Crippen MR) is 136 cm³/mol. The highest BCUT2D eigenvalue weighted by Gasteiger charge is 2.16. The van der Waals surface area contributed by atoms with E-state index < -0.39 is 0 Å². The molecule has 0 saturated heterocycles. The predicted octanol–water partition coefficient (Wildman–Crippen LogP) is 5.65. The van der Waals surface area contributed by atoms with Crippen molar-refractivity contribution in [3.8, 4) is 11.5 Å². The third kappa shape index (κ3) is 7.56. The lowest BCUT2D eigenvalue weighted by molar-refractivity contribution is 0.210. The fourth-order valence-corrected chi connectivity index (χ4v) is 3.48. The Balaban J connectivity index is 0.00000385. The number of anilines is 1. The second-order valence-corrected chi connectivity index (χ2v) is 7.80. The van der Waals surface area contributed by atoms with Crippen molar-refractivity contribution in [3.63, 3.8) is 0 Å². The van der Waals surface area contributed by atoms with Crippen LogP contribution in [0.3, 0.4) is 0 Å². The number of carbonyl (C=O) groups excluding carboxylic acids is 1. The largest absolute Gasteiger partial charge is 0.493 e. The van der Waals surface area contributed by atoms with Gasteiger partial charge in [-0.2, -0.15) is 0 Å². The molecule has 0 spiro atoms. The number of methoxy groups -OCH3 is 1. The Labute approximate surface area is 206 Å². The molecule has 3 aromatic carbocycles. The molecule has 0 unspecified atom stereocenters. The number of carbonyl (C=O) groups is 1. The summed E-state index contributed by atoms with van der Waals surface area (Å²) in [6, 6.07) is 20.7. The lowest BCUT2D eigenvalue weighted by atomic mass is 10.1. The van der Waals surface area contributed by atoms with Crippen LogP contribution in [0.1, 0.15) is 16.7 Å². The average molecular weight is 490 g/mol. The van der Waals surface area contributed by atoms with E-state index in [1.807, 2.05) is 61.5 Å². The number of halogens is 2. The second kappa shape index (κ2) is 12.9. The zero-order chi connectivity index (χ0) is 22.9. The second-order valence-electron chi connectivity index (χ2n) is 7.36. The SMILES string of the molecule is COc1cc(CN(CCN)C(=O)Nc2ccc(Cl)cc2C)ccc1OCc1ccccc1.Cl. The molecule has 3 aromatic rings. The fourth-order valence-electron chi connectivity index (χ4n) is 3.26. The molecule has 0 heterocycles. The van der Waals surface area contributed by atoms with E-state index in [4.69, 9.17) is 26.8 Å². The average Bonchev–Trinajstić information content (AvgIpc) is 2.80. The molecule has 0 bridgehead atoms. The van der Waals surface area contributed by atoms with Crippen LogP contribution < -0.4 is 20.5 Å². The molecule has 3 N–H and O–H groups in total. The van der Waals surface area contributed by atoms with Crippen LogP contribution in [0.4, 0.5) is 10.5 Å². The Bertz CT molecular complexity index is 1050. The summed E-state index contributed by atoms with van der Waals surface area (Å²) >= 11 is 6.01. The van der Waals surface area contributed by atoms with E-state index in [0.29, 0.717) is 48.5 Å². The van der Waals surface area contributed by atoms with Crippen LogP contribution in [-0.4, -0.2) is 31.1 Å². The summed E-state index contributed by atoms with van der Waals surface area (Å²) in [6.45, 7) is 3.48. The zero-order valence-corrected chi connectivity index (χ0v) is 20.3. The first-order chi connectivity index (χ1) is 15.5. The van der Waals surface area contributed by atoms with Gasteiger partial charge in [-0.3, -0.25) is 0 Å². The molecular formula is C25H29Cl2N3O3. The molecule has 8 heteroatoms. The smallest absolute Gasteiger partial charge is 0.322 e. The van der Waals surface area contributed by atoms with Crippen LogP contribution in [0.15, 0.2) is 66.7 Å². The van der Waals surface area contributed by atoms with Crippen molar-refractivity contribution in [3.05, 3.63) is 88.4 Å². The standard InChI is InChI=1S/C25H28ClN3O3.ClH/c1-18-14-21(26)9-10-22(18)28-25(30)29(13-12-27)16-20-8-11-23(24(15-20)31-2)32-17-19-6-4-3-5-7-19;/h3-11,14-15H,12-13,16-17,27H2,1-2H3,(H,28,30);1H. The van der Waals surface area contributed by atoms with Gasteiger partial charge >= 0.3 is 6.03 Å². The van der Waals surface area contributed by atoms with E-state index in [-0.39, 0.29) is 18.4 Å². The Morgan fingerprint density at radius 1 is 1.03 bits per heavy atom. The van der Waals surface area contributed by atoms with Gasteiger partial charge in [0.25, 0.3) is 0 Å². The van der Waals surface area contributed by atoms with Gasteiger partial charge in [-0.25, -0.2) is 4.79 Å². The van der Waals surface area contributed by atoms with E-state index in [1.165, 1.54) is 0 Å². The van der Waals surface area contributed by atoms with E-state index in [0.717, 1.165) is 16.7 Å². The summed E-state index contributed by atoms with van der Waals surface area (Å²) in [7, 11) is 1.60. The van der Waals surface area contributed by atoms with Gasteiger partial charge in [0, 0.05) is 30.3 Å². The number of nitrogens with zero attached hydrogens (tertiary/aromatic N) is 1. The summed E-state index contributed by atoms with van der Waals surface area (Å²) in [5, 5.41) is 3.56. The van der Waals surface area contributed by atoms with Crippen molar-refractivity contribution in [2.75, 3.05) is 25.5 Å². The van der Waals surface area contributed by atoms with Gasteiger partial charge in [-0.1, -0.05) is 48.0 Å². The molecular weight excluding hydrogens is 461 g/mol. The molecule has 33 heavy (non-hydrogen) atoms. The highest BCUT2D eigenvalue weighted by Crippen LogP contribution is 2.29. The van der Waals surface area contributed by atoms with Crippen LogP contribution in [0.2, 0.25) is 5.02 Å². The molecule has 0 fully saturated rings. The third-order valence-electron chi connectivity index (χ3n) is 4.95. The van der Waals surface area contributed by atoms with Gasteiger partial charge in [0.2, 0.25) is 0 Å². The number of nitrogens with two attached hydrogens (primary N) is 1. The number of ether oxygens (including phenoxy) is 2. The van der Waals surface area contributed by atoms with Crippen molar-refractivity contribution < 1.29 is 14.3 Å². The first-order valence-electron chi connectivity index (χ1n) is 10.4. The maximum Gasteiger partial charge on any atom is 0.322 e. The molecule has 0 radical (unpaired) electrons. The molecule has 3 rings (SSSR count). The topological polar surface area (TPSA) is 76.8 Å². The Morgan fingerprint density at radius 2 is 1.79 bits per heavy atom. The maximum atomic E-state index is 12.9. The van der Waals surface area contributed by atoms with Gasteiger partial charge in [-0.05, 0) is 53.9 Å². The molecule has 0 atom stereocenters. The maximum absolute atomic E-state index is 12.9. The van der Waals surface area contributed by atoms with Crippen LogP contribution in [0.25, 0.3) is 0 Å². The molecule has 2 amide bonds. The van der Waals surface area contributed by atoms with Crippen molar-refractivity contribution in [1.29, 1.82) is 0 Å². The minimum absolute atomic E-state index is 0. The summed E-state index contributed by atoms with van der Waals surface area (Å²) in [4.78, 5) is 14.6. The number of hydrogen-bond donors (Lipinski definition) is 2. The van der Waals surface area contributed by atoms with Crippen molar-refractivity contribution >= 4 is 35.7 Å². The minimum Gasteiger partial charge on any atom is -0.493 e. The quantitative estimate of drug-likeness (QED) is 0.407. The Hall–Kier alpha value is -2.93. The summed E-state index contributed by atoms with van der Waals surface area (Å²) in [6.07, 6.45) is 0. The summed E-state index contributed by atoms with van der Waals surface area (Å²) in [5.41, 5.74) is 9.33. The number of urea groups is 1. The number of rotatable bonds is 9. The summed E-state index contributed by atoms with van der Waals surface area (Å²) in [5.74, 6) is 1.26. The van der Waals surface area contributed by atoms with Crippen LogP contribution >= 0.6 is 24.0 Å². The Morgan fingerprint density at radius 3 is 2.45 bits per heavy atom. The lowest BCUT2D eigenvalue weighted by Gasteiger charge is -2.23. The zero-order valence-electron chi connectivity index (χ0n) is 18.7. The third-order valence-corrected chi connectivity index (χ3v) is 5.19. The first-order valence-corrected chi connectivity index (χ1v) is 10.7. The van der Waals surface area contributed by atoms with Gasteiger partial charge in [0.05, 0.1) is 7.11 Å². The minimum atomic E-state index is -0.232. The van der Waals surface area contributed by atoms with Crippen molar-refractivity contribution in [2.24, 2.45) is 5.73 Å². The molecule has 176 valence electrons. The number of amides is 2. The molecule has 0 aliphatic heterocycles. The highest BCUT2D eigenvalue weighted by molar-refractivity contribution is 6.30. The molecule has 6 nitrogen and oxygen atoms in total. The van der Waals surface area contributed by atoms with E-state index in [9.17, 15) is 4.79 Å². The monoisotopic (exact) mass is 489 g/mol. The van der Waals surface area contributed by atoms with Crippen molar-refractivity contribution in [2.45, 2.75) is 20.1 Å². The number of nitrogens with one attached hydrogen (secondary N) is 1. The lowest BCUT2D eigenvalue weighted by Crippen LogP contribution is -2.38. The van der Waals surface area contributed by atoms with Crippen LogP contribution in [0.5, 0.6) is 11.5 Å². The van der Waals surface area contributed by atoms with Gasteiger partial charge in [-0.15, -0.1) is 12.4 Å². The number of hydrogen-bond acceptors (Lipinski definition) is 4. The van der Waals surface area contributed by atoms with E-state index >= 15 is 0 Å². The molecule has 0 aliphatic rings. The fraction of sp³-hybridized carbons (Fsp3) is 0.240. The summed E-state index contributed by atoms with van der Waals surface area (Å²) < 4.78 is 11.4. The first kappa shape index (κ1) is 26.3. The van der Waals surface area contributed by atoms with Crippen LogP contribution in [0, 0.1) is 6.92 Å².